The zero-order valence-electron chi connectivity index (χ0n) is 9.68. The van der Waals surface area contributed by atoms with Gasteiger partial charge in [-0.3, -0.25) is 4.79 Å². The van der Waals surface area contributed by atoms with Crippen molar-refractivity contribution in [3.8, 4) is 0 Å². The first-order valence-corrected chi connectivity index (χ1v) is 6.32. The third kappa shape index (κ3) is 4.05. The first-order valence-electron chi connectivity index (χ1n) is 5.12. The second-order valence-electron chi connectivity index (χ2n) is 3.85. The lowest BCUT2D eigenvalue weighted by atomic mass is 10.2. The van der Waals surface area contributed by atoms with Crippen molar-refractivity contribution in [2.45, 2.75) is 19.9 Å². The smallest absolute Gasteiger partial charge is 0.273 e. The normalized spacial score (nSPS) is 10.4. The third-order valence-corrected chi connectivity index (χ3v) is 2.76. The zero-order valence-corrected chi connectivity index (χ0v) is 12.1. The van der Waals surface area contributed by atoms with Crippen LogP contribution in [0.5, 0.6) is 0 Å². The fourth-order valence-electron chi connectivity index (χ4n) is 1.31. The lowest BCUT2D eigenvalue weighted by molar-refractivity contribution is 0.0730. The van der Waals surface area contributed by atoms with E-state index in [0.29, 0.717) is 10.7 Å². The number of carbonyl (C=O) groups excluding carboxylic acids is 1. The molecule has 2 N–H and O–H groups in total. The molecule has 0 unspecified atom stereocenters. The number of hydrogen-bond acceptors (Lipinski definition) is 3. The minimum Gasteiger partial charge on any atom is -0.392 e. The summed E-state index contributed by atoms with van der Waals surface area (Å²) in [6.45, 7) is 4.09. The second kappa shape index (κ2) is 6.07. The van der Waals surface area contributed by atoms with Gasteiger partial charge < -0.3 is 10.6 Å². The Bertz CT molecular complexity index is 419. The van der Waals surface area contributed by atoms with E-state index in [-0.39, 0.29) is 18.5 Å². The van der Waals surface area contributed by atoms with Crippen molar-refractivity contribution >= 4 is 39.0 Å². The van der Waals surface area contributed by atoms with Gasteiger partial charge in [-0.1, -0.05) is 12.2 Å². The number of thiocarbonyl (C=S) groups is 1. The van der Waals surface area contributed by atoms with Gasteiger partial charge in [0.2, 0.25) is 0 Å². The fraction of sp³-hybridized carbons (Fsp3) is 0.364. The monoisotopic (exact) mass is 315 g/mol. The van der Waals surface area contributed by atoms with Crippen molar-refractivity contribution in [1.82, 2.24) is 9.88 Å². The average molecular weight is 316 g/mol. The van der Waals surface area contributed by atoms with E-state index < -0.39 is 0 Å². The molecule has 1 heterocycles. The Kier molecular flexibility index (Phi) is 5.02. The summed E-state index contributed by atoms with van der Waals surface area (Å²) in [6.07, 6.45) is 1.59. The summed E-state index contributed by atoms with van der Waals surface area (Å²) in [4.78, 5) is 18.1. The second-order valence-corrected chi connectivity index (χ2v) is 5.29. The Morgan fingerprint density at radius 1 is 1.59 bits per heavy atom. The molecular formula is C11H14BrN3OS. The summed E-state index contributed by atoms with van der Waals surface area (Å²) in [5.41, 5.74) is 5.87. The molecule has 0 aliphatic rings. The maximum atomic E-state index is 12.2. The molecule has 1 aromatic heterocycles. The van der Waals surface area contributed by atoms with E-state index >= 15 is 0 Å². The van der Waals surface area contributed by atoms with Gasteiger partial charge in [0.15, 0.2) is 0 Å². The highest BCUT2D eigenvalue weighted by molar-refractivity contribution is 9.10. The van der Waals surface area contributed by atoms with Crippen LogP contribution in [0.3, 0.4) is 0 Å². The van der Waals surface area contributed by atoms with Gasteiger partial charge in [0.25, 0.3) is 5.91 Å². The Hall–Kier alpha value is -1.01. The average Bonchev–Trinajstić information content (AvgIpc) is 2.25. The van der Waals surface area contributed by atoms with Gasteiger partial charge in [-0.05, 0) is 41.9 Å². The van der Waals surface area contributed by atoms with Crippen molar-refractivity contribution in [3.05, 3.63) is 28.5 Å². The number of carbonyl (C=O) groups is 1. The highest BCUT2D eigenvalue weighted by Gasteiger charge is 2.20. The molecule has 0 saturated heterocycles. The number of nitrogens with two attached hydrogens (primary N) is 1. The van der Waals surface area contributed by atoms with Crippen molar-refractivity contribution < 1.29 is 4.79 Å². The van der Waals surface area contributed by atoms with Gasteiger partial charge in [0.05, 0.1) is 11.5 Å². The van der Waals surface area contributed by atoms with Crippen LogP contribution < -0.4 is 5.73 Å². The predicted molar refractivity (Wildman–Crippen MR) is 74.9 cm³/mol. The molecule has 0 radical (unpaired) electrons. The van der Waals surface area contributed by atoms with E-state index in [2.05, 4.69) is 20.9 Å². The maximum Gasteiger partial charge on any atom is 0.273 e. The number of amides is 1. The van der Waals surface area contributed by atoms with Gasteiger partial charge in [-0.25, -0.2) is 4.98 Å². The Morgan fingerprint density at radius 2 is 2.24 bits per heavy atom. The largest absolute Gasteiger partial charge is 0.392 e. The summed E-state index contributed by atoms with van der Waals surface area (Å²) < 4.78 is 0.833. The number of halogens is 1. The lowest BCUT2D eigenvalue weighted by Gasteiger charge is -2.25. The number of pyridine rings is 1. The van der Waals surface area contributed by atoms with Gasteiger partial charge in [-0.15, -0.1) is 0 Å². The molecule has 0 saturated carbocycles. The zero-order chi connectivity index (χ0) is 13.0. The molecule has 1 aromatic rings. The third-order valence-electron chi connectivity index (χ3n) is 2.16. The number of aromatic nitrogens is 1. The predicted octanol–water partition coefficient (Wildman–Crippen LogP) is 1.98. The highest BCUT2D eigenvalue weighted by Crippen LogP contribution is 2.10. The van der Waals surface area contributed by atoms with E-state index in [0.717, 1.165) is 4.47 Å². The van der Waals surface area contributed by atoms with Crippen molar-refractivity contribution in [2.75, 3.05) is 6.54 Å². The molecule has 1 amide bonds. The Morgan fingerprint density at radius 3 is 2.65 bits per heavy atom. The molecule has 1 rings (SSSR count). The van der Waals surface area contributed by atoms with Crippen LogP contribution in [0.25, 0.3) is 0 Å². The summed E-state index contributed by atoms with van der Waals surface area (Å²) in [5.74, 6) is -0.166. The molecule has 0 atom stereocenters. The summed E-state index contributed by atoms with van der Waals surface area (Å²) in [7, 11) is 0. The number of rotatable bonds is 4. The topological polar surface area (TPSA) is 59.2 Å². The van der Waals surface area contributed by atoms with Crippen LogP contribution in [0.4, 0.5) is 0 Å². The first kappa shape index (κ1) is 14.1. The molecule has 0 aliphatic heterocycles. The number of nitrogens with zero attached hydrogens (tertiary/aromatic N) is 2. The summed E-state index contributed by atoms with van der Waals surface area (Å²) in [6, 6.07) is 3.47. The fourth-order valence-corrected chi connectivity index (χ4v) is 1.68. The maximum absolute atomic E-state index is 12.2. The lowest BCUT2D eigenvalue weighted by Crippen LogP contribution is -2.42. The molecule has 6 heteroatoms. The van der Waals surface area contributed by atoms with Crippen LogP contribution >= 0.6 is 28.1 Å². The molecule has 0 aliphatic carbocycles. The molecule has 0 bridgehead atoms. The standard InChI is InChI=1S/C11H14BrN3OS/c1-7(2)15(6-10(13)17)11(16)9-4-3-8(12)5-14-9/h3-5,7H,6H2,1-2H3,(H2,13,17). The molecule has 17 heavy (non-hydrogen) atoms. The Balaban J connectivity index is 2.91. The molecule has 92 valence electrons. The van der Waals surface area contributed by atoms with Crippen molar-refractivity contribution in [2.24, 2.45) is 5.73 Å². The molecule has 0 aromatic carbocycles. The Labute approximate surface area is 114 Å². The van der Waals surface area contributed by atoms with Crippen LogP contribution in [-0.2, 0) is 0 Å². The van der Waals surface area contributed by atoms with Gasteiger partial charge >= 0.3 is 0 Å². The summed E-state index contributed by atoms with van der Waals surface area (Å²) >= 11 is 8.11. The highest BCUT2D eigenvalue weighted by atomic mass is 79.9. The molecule has 0 spiro atoms. The molecular weight excluding hydrogens is 302 g/mol. The quantitative estimate of drug-likeness (QED) is 0.863. The van der Waals surface area contributed by atoms with Crippen LogP contribution in [-0.4, -0.2) is 33.4 Å². The van der Waals surface area contributed by atoms with E-state index in [1.54, 1.807) is 23.2 Å². The number of hydrogen-bond donors (Lipinski definition) is 1. The van der Waals surface area contributed by atoms with Crippen LogP contribution in [0.1, 0.15) is 24.3 Å². The van der Waals surface area contributed by atoms with Crippen molar-refractivity contribution in [3.63, 3.8) is 0 Å². The first-order chi connectivity index (χ1) is 7.91. The summed E-state index contributed by atoms with van der Waals surface area (Å²) in [5, 5.41) is 0. The van der Waals surface area contributed by atoms with Crippen LogP contribution in [0.15, 0.2) is 22.8 Å². The minimum absolute atomic E-state index is 0.0226. The van der Waals surface area contributed by atoms with Crippen molar-refractivity contribution in [1.29, 1.82) is 0 Å². The van der Waals surface area contributed by atoms with E-state index in [4.69, 9.17) is 18.0 Å². The molecule has 0 fully saturated rings. The van der Waals surface area contributed by atoms with Crippen LogP contribution in [0.2, 0.25) is 0 Å². The van der Waals surface area contributed by atoms with E-state index in [1.165, 1.54) is 0 Å². The molecule has 4 nitrogen and oxygen atoms in total. The van der Waals surface area contributed by atoms with Gasteiger partial charge in [0.1, 0.15) is 5.69 Å². The van der Waals surface area contributed by atoms with Gasteiger partial charge in [0, 0.05) is 16.7 Å². The van der Waals surface area contributed by atoms with E-state index in [1.807, 2.05) is 13.8 Å². The minimum atomic E-state index is -0.166. The van der Waals surface area contributed by atoms with Gasteiger partial charge in [-0.2, -0.15) is 0 Å². The SMILES string of the molecule is CC(C)N(CC(N)=S)C(=O)c1ccc(Br)cn1. The van der Waals surface area contributed by atoms with E-state index in [9.17, 15) is 4.79 Å². The van der Waals surface area contributed by atoms with Crippen LogP contribution in [0, 0.1) is 0 Å².